The molecule has 4 nitrogen and oxygen atoms in total. The summed E-state index contributed by atoms with van der Waals surface area (Å²) in [5.74, 6) is 0.739. The third-order valence-corrected chi connectivity index (χ3v) is 4.19. The third-order valence-electron chi connectivity index (χ3n) is 4.19. The Morgan fingerprint density at radius 1 is 1.43 bits per heavy atom. The van der Waals surface area contributed by atoms with Crippen LogP contribution in [-0.2, 0) is 4.79 Å². The van der Waals surface area contributed by atoms with Gasteiger partial charge in [-0.15, -0.1) is 0 Å². The molecule has 1 atom stereocenters. The fourth-order valence-corrected chi connectivity index (χ4v) is 2.93. The smallest absolute Gasteiger partial charge is 0.224 e. The Morgan fingerprint density at radius 3 is 3.14 bits per heavy atom. The zero-order valence-corrected chi connectivity index (χ0v) is 12.4. The van der Waals surface area contributed by atoms with E-state index in [1.54, 1.807) is 6.20 Å². The number of hydrogen-bond acceptors (Lipinski definition) is 3. The van der Waals surface area contributed by atoms with Crippen molar-refractivity contribution in [2.24, 2.45) is 5.92 Å². The van der Waals surface area contributed by atoms with Crippen molar-refractivity contribution in [1.82, 2.24) is 10.3 Å². The Bertz CT molecular complexity index is 648. The van der Waals surface area contributed by atoms with Crippen molar-refractivity contribution < 1.29 is 4.79 Å². The maximum absolute atomic E-state index is 12.1. The lowest BCUT2D eigenvalue weighted by atomic mass is 10.0. The molecule has 1 fully saturated rings. The van der Waals surface area contributed by atoms with Gasteiger partial charge in [-0.05, 0) is 62.5 Å². The second kappa shape index (κ2) is 6.22. The molecule has 2 N–H and O–H groups in total. The number of nitrogens with one attached hydrogen (secondary N) is 2. The Labute approximate surface area is 125 Å². The SMILES string of the molecule is Cc1ccc(NC(=O)CCC2CCNC2)c2cccnc12. The van der Waals surface area contributed by atoms with E-state index in [0.29, 0.717) is 12.3 Å². The van der Waals surface area contributed by atoms with Crippen LogP contribution in [0, 0.1) is 12.8 Å². The molecule has 2 aromatic rings. The van der Waals surface area contributed by atoms with Crippen molar-refractivity contribution in [3.8, 4) is 0 Å². The van der Waals surface area contributed by atoms with Gasteiger partial charge in [-0.2, -0.15) is 0 Å². The number of nitrogens with zero attached hydrogens (tertiary/aromatic N) is 1. The molecule has 3 rings (SSSR count). The zero-order valence-electron chi connectivity index (χ0n) is 12.4. The first-order chi connectivity index (χ1) is 10.2. The Morgan fingerprint density at radius 2 is 2.33 bits per heavy atom. The van der Waals surface area contributed by atoms with Gasteiger partial charge in [0, 0.05) is 18.0 Å². The molecule has 1 aliphatic rings. The van der Waals surface area contributed by atoms with Gasteiger partial charge in [-0.25, -0.2) is 0 Å². The molecule has 1 unspecified atom stereocenters. The highest BCUT2D eigenvalue weighted by atomic mass is 16.1. The molecular formula is C17H21N3O. The molecule has 1 aromatic carbocycles. The van der Waals surface area contributed by atoms with Crippen molar-refractivity contribution in [2.75, 3.05) is 18.4 Å². The van der Waals surface area contributed by atoms with Crippen LogP contribution in [0.5, 0.6) is 0 Å². The maximum Gasteiger partial charge on any atom is 0.224 e. The normalized spacial score (nSPS) is 18.0. The van der Waals surface area contributed by atoms with E-state index in [2.05, 4.69) is 15.6 Å². The minimum Gasteiger partial charge on any atom is -0.325 e. The van der Waals surface area contributed by atoms with Gasteiger partial charge < -0.3 is 10.6 Å². The molecule has 0 spiro atoms. The predicted molar refractivity (Wildman–Crippen MR) is 85.3 cm³/mol. The molecular weight excluding hydrogens is 262 g/mol. The number of anilines is 1. The minimum absolute atomic E-state index is 0.0934. The van der Waals surface area contributed by atoms with Gasteiger partial charge in [-0.1, -0.05) is 6.07 Å². The molecule has 110 valence electrons. The minimum atomic E-state index is 0.0934. The molecule has 1 aliphatic heterocycles. The fourth-order valence-electron chi connectivity index (χ4n) is 2.93. The number of rotatable bonds is 4. The molecule has 1 amide bonds. The van der Waals surface area contributed by atoms with Gasteiger partial charge in [0.1, 0.15) is 0 Å². The zero-order chi connectivity index (χ0) is 14.7. The fraction of sp³-hybridized carbons (Fsp3) is 0.412. The number of benzene rings is 1. The summed E-state index contributed by atoms with van der Waals surface area (Å²) in [6.45, 7) is 4.17. The summed E-state index contributed by atoms with van der Waals surface area (Å²) in [5.41, 5.74) is 2.94. The van der Waals surface area contributed by atoms with Crippen LogP contribution in [0.3, 0.4) is 0 Å². The van der Waals surface area contributed by atoms with Crippen molar-refractivity contribution in [1.29, 1.82) is 0 Å². The van der Waals surface area contributed by atoms with E-state index in [4.69, 9.17) is 0 Å². The van der Waals surface area contributed by atoms with E-state index in [0.717, 1.165) is 41.7 Å². The summed E-state index contributed by atoms with van der Waals surface area (Å²) in [6.07, 6.45) is 4.52. The van der Waals surface area contributed by atoms with Crippen LogP contribution in [0.15, 0.2) is 30.5 Å². The number of carbonyl (C=O) groups is 1. The van der Waals surface area contributed by atoms with E-state index >= 15 is 0 Å². The highest BCUT2D eigenvalue weighted by Crippen LogP contribution is 2.25. The molecule has 2 heterocycles. The van der Waals surface area contributed by atoms with E-state index in [9.17, 15) is 4.79 Å². The highest BCUT2D eigenvalue weighted by molar-refractivity contribution is 6.01. The number of aryl methyl sites for hydroxylation is 1. The molecule has 1 saturated heterocycles. The average Bonchev–Trinajstić information content (AvgIpc) is 3.02. The highest BCUT2D eigenvalue weighted by Gasteiger charge is 2.16. The van der Waals surface area contributed by atoms with E-state index < -0.39 is 0 Å². The summed E-state index contributed by atoms with van der Waals surface area (Å²) in [7, 11) is 0. The van der Waals surface area contributed by atoms with Crippen LogP contribution in [0.1, 0.15) is 24.8 Å². The topological polar surface area (TPSA) is 54.0 Å². The lowest BCUT2D eigenvalue weighted by molar-refractivity contribution is -0.116. The first-order valence-corrected chi connectivity index (χ1v) is 7.59. The van der Waals surface area contributed by atoms with Gasteiger partial charge in [0.15, 0.2) is 0 Å². The standard InChI is InChI=1S/C17H21N3O/c1-12-4-6-15(14-3-2-9-19-17(12)14)20-16(21)7-5-13-8-10-18-11-13/h2-4,6,9,13,18H,5,7-8,10-11H2,1H3,(H,20,21). The lowest BCUT2D eigenvalue weighted by Gasteiger charge is -2.11. The van der Waals surface area contributed by atoms with Crippen LogP contribution >= 0.6 is 0 Å². The Kier molecular flexibility index (Phi) is 4.15. The summed E-state index contributed by atoms with van der Waals surface area (Å²) in [4.78, 5) is 16.5. The molecule has 0 bridgehead atoms. The number of fused-ring (bicyclic) bond motifs is 1. The third kappa shape index (κ3) is 3.22. The van der Waals surface area contributed by atoms with E-state index in [1.807, 2.05) is 31.2 Å². The monoisotopic (exact) mass is 283 g/mol. The number of carbonyl (C=O) groups excluding carboxylic acids is 1. The average molecular weight is 283 g/mol. The quantitative estimate of drug-likeness (QED) is 0.907. The number of hydrogen-bond donors (Lipinski definition) is 2. The van der Waals surface area contributed by atoms with Crippen molar-refractivity contribution in [3.63, 3.8) is 0 Å². The molecule has 4 heteroatoms. The first kappa shape index (κ1) is 14.0. The second-order valence-corrected chi connectivity index (χ2v) is 5.78. The first-order valence-electron chi connectivity index (χ1n) is 7.59. The Balaban J connectivity index is 1.69. The van der Waals surface area contributed by atoms with Crippen molar-refractivity contribution in [2.45, 2.75) is 26.2 Å². The van der Waals surface area contributed by atoms with Gasteiger partial charge >= 0.3 is 0 Å². The van der Waals surface area contributed by atoms with E-state index in [1.165, 1.54) is 6.42 Å². The van der Waals surface area contributed by atoms with Gasteiger partial charge in [0.2, 0.25) is 5.91 Å². The van der Waals surface area contributed by atoms with Crippen molar-refractivity contribution >= 4 is 22.5 Å². The van der Waals surface area contributed by atoms with Crippen molar-refractivity contribution in [3.05, 3.63) is 36.0 Å². The number of aromatic nitrogens is 1. The molecule has 0 radical (unpaired) electrons. The number of pyridine rings is 1. The summed E-state index contributed by atoms with van der Waals surface area (Å²) >= 11 is 0. The van der Waals surface area contributed by atoms with Crippen LogP contribution in [0.25, 0.3) is 10.9 Å². The predicted octanol–water partition coefficient (Wildman–Crippen LogP) is 2.87. The van der Waals surface area contributed by atoms with Crippen LogP contribution in [0.2, 0.25) is 0 Å². The van der Waals surface area contributed by atoms with Crippen LogP contribution in [0.4, 0.5) is 5.69 Å². The molecule has 0 saturated carbocycles. The summed E-state index contributed by atoms with van der Waals surface area (Å²) in [6, 6.07) is 7.88. The van der Waals surface area contributed by atoms with Gasteiger partial charge in [0.25, 0.3) is 0 Å². The molecule has 0 aliphatic carbocycles. The van der Waals surface area contributed by atoms with E-state index in [-0.39, 0.29) is 5.91 Å². The maximum atomic E-state index is 12.1. The van der Waals surface area contributed by atoms with Gasteiger partial charge in [-0.3, -0.25) is 9.78 Å². The van der Waals surface area contributed by atoms with Crippen LogP contribution < -0.4 is 10.6 Å². The lowest BCUT2D eigenvalue weighted by Crippen LogP contribution is -2.15. The number of amides is 1. The summed E-state index contributed by atoms with van der Waals surface area (Å²) in [5, 5.41) is 7.38. The Hall–Kier alpha value is -1.94. The molecule has 1 aromatic heterocycles. The summed E-state index contributed by atoms with van der Waals surface area (Å²) < 4.78 is 0. The second-order valence-electron chi connectivity index (χ2n) is 5.78. The van der Waals surface area contributed by atoms with Gasteiger partial charge in [0.05, 0.1) is 11.2 Å². The molecule has 21 heavy (non-hydrogen) atoms. The largest absolute Gasteiger partial charge is 0.325 e. The van der Waals surface area contributed by atoms with Crippen LogP contribution in [-0.4, -0.2) is 24.0 Å².